The monoisotopic (exact) mass is 487 g/mol. The molecule has 3 nitrogen and oxygen atoms in total. The van der Waals surface area contributed by atoms with Crippen molar-refractivity contribution in [3.8, 4) is 0 Å². The first kappa shape index (κ1) is 25.6. The number of hydrogen-bond acceptors (Lipinski definition) is 2. The molecule has 0 spiro atoms. The van der Waals surface area contributed by atoms with Gasteiger partial charge in [-0.1, -0.05) is 61.0 Å². The Labute approximate surface area is 212 Å². The van der Waals surface area contributed by atoms with E-state index < -0.39 is 7.26 Å². The van der Waals surface area contributed by atoms with Crippen molar-refractivity contribution >= 4 is 29.1 Å². The zero-order chi connectivity index (χ0) is 24.3. The lowest BCUT2D eigenvalue weighted by Crippen LogP contribution is -2.43. The van der Waals surface area contributed by atoms with Crippen LogP contribution in [0.5, 0.6) is 0 Å². The summed E-state index contributed by atoms with van der Waals surface area (Å²) in [5, 5.41) is 7.62. The normalized spacial score (nSPS) is 15.1. The molecule has 0 atom stereocenters. The molecule has 1 amide bonds. The zero-order valence-electron chi connectivity index (χ0n) is 21.1. The molecule has 1 aliphatic rings. The van der Waals surface area contributed by atoms with Crippen LogP contribution < -0.4 is 21.2 Å². The predicted molar refractivity (Wildman–Crippen MR) is 152 cm³/mol. The number of rotatable bonds is 11. The summed E-state index contributed by atoms with van der Waals surface area (Å²) < 4.78 is 0. The second kappa shape index (κ2) is 13.0. The minimum Gasteiger partial charge on any atom is -0.353 e. The van der Waals surface area contributed by atoms with Crippen molar-refractivity contribution in [1.82, 2.24) is 10.2 Å². The van der Waals surface area contributed by atoms with E-state index >= 15 is 0 Å². The number of piperidine rings is 1. The van der Waals surface area contributed by atoms with Gasteiger partial charge in [-0.2, -0.15) is 0 Å². The Balaban J connectivity index is 1.37. The van der Waals surface area contributed by atoms with E-state index in [2.05, 4.69) is 108 Å². The van der Waals surface area contributed by atoms with Gasteiger partial charge in [0, 0.05) is 12.5 Å². The molecule has 0 unspecified atom stereocenters. The van der Waals surface area contributed by atoms with Crippen LogP contribution in [0.1, 0.15) is 44.9 Å². The number of hydrogen-bond donors (Lipinski definition) is 1. The summed E-state index contributed by atoms with van der Waals surface area (Å²) in [6.07, 6.45) is 8.39. The van der Waals surface area contributed by atoms with E-state index in [-0.39, 0.29) is 5.91 Å². The fraction of sp³-hybridized carbons (Fsp3) is 0.387. The van der Waals surface area contributed by atoms with Crippen molar-refractivity contribution in [1.29, 1.82) is 0 Å². The van der Waals surface area contributed by atoms with Gasteiger partial charge in [0.2, 0.25) is 5.91 Å². The molecule has 1 aliphatic heterocycles. The van der Waals surface area contributed by atoms with Crippen LogP contribution in [0.25, 0.3) is 0 Å². The summed E-state index contributed by atoms with van der Waals surface area (Å²) in [7, 11) is 0.422. The molecule has 0 radical (unpaired) electrons. The molecule has 35 heavy (non-hydrogen) atoms. The molecule has 1 heterocycles. The third-order valence-corrected chi connectivity index (χ3v) is 11.8. The van der Waals surface area contributed by atoms with Crippen LogP contribution >= 0.6 is 7.26 Å². The van der Waals surface area contributed by atoms with Crippen molar-refractivity contribution in [2.75, 3.05) is 26.3 Å². The Morgan fingerprint density at radius 2 is 1.20 bits per heavy atom. The molecular weight excluding hydrogens is 447 g/mol. The number of amides is 1. The van der Waals surface area contributed by atoms with Crippen LogP contribution in [-0.2, 0) is 4.79 Å². The van der Waals surface area contributed by atoms with Gasteiger partial charge >= 0.3 is 0 Å². The first-order valence-electron chi connectivity index (χ1n) is 13.2. The summed E-state index contributed by atoms with van der Waals surface area (Å²) in [5.41, 5.74) is 0. The Morgan fingerprint density at radius 3 is 1.69 bits per heavy atom. The van der Waals surface area contributed by atoms with Crippen LogP contribution in [0.2, 0.25) is 0 Å². The van der Waals surface area contributed by atoms with Crippen molar-refractivity contribution in [3.05, 3.63) is 91.0 Å². The number of likely N-dealkylation sites (tertiary alicyclic amines) is 1. The molecule has 4 rings (SSSR count). The lowest BCUT2D eigenvalue weighted by Gasteiger charge is -2.29. The van der Waals surface area contributed by atoms with E-state index in [1.165, 1.54) is 22.3 Å². The zero-order valence-corrected chi connectivity index (χ0v) is 22.0. The van der Waals surface area contributed by atoms with Crippen LogP contribution in [0.3, 0.4) is 0 Å². The highest BCUT2D eigenvalue weighted by molar-refractivity contribution is 7.95. The standard InChI is InChI=1S/C31H39N2OP/c1-33-24-22-27(23-25-33)32-31(34)21-13-2-3-14-26-35(28-15-7-4-8-16-28,29-17-9-5-10-18-29)30-19-11-6-12-20-30/h4-12,15-20,27H,2-3,13-14,21-26H2,1H3/p+1. The largest absolute Gasteiger partial charge is 0.353 e. The molecule has 0 aliphatic carbocycles. The molecule has 1 N–H and O–H groups in total. The third kappa shape index (κ3) is 6.81. The number of nitrogens with one attached hydrogen (secondary N) is 1. The third-order valence-electron chi connectivity index (χ3n) is 7.32. The lowest BCUT2D eigenvalue weighted by atomic mass is 10.1. The average Bonchev–Trinajstić information content (AvgIpc) is 2.91. The van der Waals surface area contributed by atoms with Gasteiger partial charge in [0.25, 0.3) is 0 Å². The van der Waals surface area contributed by atoms with Crippen LogP contribution in [0.15, 0.2) is 91.0 Å². The first-order valence-corrected chi connectivity index (χ1v) is 15.2. The van der Waals surface area contributed by atoms with Crippen molar-refractivity contribution in [3.63, 3.8) is 0 Å². The van der Waals surface area contributed by atoms with E-state index in [0.717, 1.165) is 51.4 Å². The molecular formula is C31H40N2OP+. The van der Waals surface area contributed by atoms with E-state index in [9.17, 15) is 4.79 Å². The Kier molecular flexibility index (Phi) is 9.51. The Bertz CT molecular complexity index is 921. The summed E-state index contributed by atoms with van der Waals surface area (Å²) >= 11 is 0. The second-order valence-electron chi connectivity index (χ2n) is 9.85. The highest BCUT2D eigenvalue weighted by atomic mass is 31.2. The molecule has 3 aromatic carbocycles. The fourth-order valence-electron chi connectivity index (χ4n) is 5.32. The van der Waals surface area contributed by atoms with Gasteiger partial charge in [-0.25, -0.2) is 0 Å². The van der Waals surface area contributed by atoms with Gasteiger partial charge in [0.15, 0.2) is 0 Å². The molecule has 0 aromatic heterocycles. The van der Waals surface area contributed by atoms with Crippen molar-refractivity contribution in [2.24, 2.45) is 0 Å². The van der Waals surface area contributed by atoms with Gasteiger partial charge in [-0.15, -0.1) is 0 Å². The molecule has 4 heteroatoms. The summed E-state index contributed by atoms with van der Waals surface area (Å²) in [6.45, 7) is 2.17. The Morgan fingerprint density at radius 1 is 0.743 bits per heavy atom. The van der Waals surface area contributed by atoms with E-state index in [0.29, 0.717) is 12.5 Å². The SMILES string of the molecule is CN1CCC(NC(=O)CCCCCC[P+](c2ccccc2)(c2ccccc2)c2ccccc2)CC1. The topological polar surface area (TPSA) is 32.3 Å². The maximum atomic E-state index is 12.4. The van der Waals surface area contributed by atoms with E-state index in [1.54, 1.807) is 0 Å². The number of unbranched alkanes of at least 4 members (excludes halogenated alkanes) is 3. The molecule has 1 saturated heterocycles. The van der Waals surface area contributed by atoms with E-state index in [1.807, 2.05) is 0 Å². The minimum absolute atomic E-state index is 0.235. The average molecular weight is 488 g/mol. The van der Waals surface area contributed by atoms with Gasteiger partial charge in [0.1, 0.15) is 23.2 Å². The minimum atomic E-state index is -1.73. The first-order chi connectivity index (χ1) is 17.2. The van der Waals surface area contributed by atoms with Gasteiger partial charge < -0.3 is 10.2 Å². The number of benzene rings is 3. The number of nitrogens with zero attached hydrogens (tertiary/aromatic N) is 1. The van der Waals surface area contributed by atoms with Gasteiger partial charge in [-0.3, -0.25) is 4.79 Å². The highest BCUT2D eigenvalue weighted by Crippen LogP contribution is 2.55. The summed E-state index contributed by atoms with van der Waals surface area (Å²) in [6, 6.07) is 33.7. The Hall–Kier alpha value is -2.48. The second-order valence-corrected chi connectivity index (χ2v) is 13.5. The highest BCUT2D eigenvalue weighted by Gasteiger charge is 2.44. The van der Waals surface area contributed by atoms with Gasteiger partial charge in [-0.05, 0) is 88.6 Å². The fourth-order valence-corrected chi connectivity index (χ4v) is 9.73. The van der Waals surface area contributed by atoms with E-state index in [4.69, 9.17) is 0 Å². The molecule has 184 valence electrons. The number of carbonyl (C=O) groups excluding carboxylic acids is 1. The van der Waals surface area contributed by atoms with Crippen molar-refractivity contribution in [2.45, 2.75) is 51.0 Å². The van der Waals surface area contributed by atoms with Crippen molar-refractivity contribution < 1.29 is 4.79 Å². The quantitative estimate of drug-likeness (QED) is 0.300. The smallest absolute Gasteiger partial charge is 0.220 e. The summed E-state index contributed by atoms with van der Waals surface area (Å²) in [4.78, 5) is 14.8. The molecule has 1 fully saturated rings. The predicted octanol–water partition coefficient (Wildman–Crippen LogP) is 5.14. The molecule has 0 saturated carbocycles. The van der Waals surface area contributed by atoms with Gasteiger partial charge in [0.05, 0.1) is 6.16 Å². The van der Waals surface area contributed by atoms with Crippen LogP contribution in [0.4, 0.5) is 0 Å². The maximum Gasteiger partial charge on any atom is 0.220 e. The summed E-state index contributed by atoms with van der Waals surface area (Å²) in [5.74, 6) is 0.235. The van der Waals surface area contributed by atoms with Crippen LogP contribution in [0, 0.1) is 0 Å². The number of carbonyl (C=O) groups is 1. The molecule has 0 bridgehead atoms. The lowest BCUT2D eigenvalue weighted by molar-refractivity contribution is -0.122. The van der Waals surface area contributed by atoms with Crippen LogP contribution in [-0.4, -0.2) is 43.1 Å². The maximum absolute atomic E-state index is 12.4. The molecule has 3 aromatic rings.